The third-order valence-corrected chi connectivity index (χ3v) is 17.3. The molecule has 2 N–H and O–H groups in total. The van der Waals surface area contributed by atoms with Gasteiger partial charge in [-0.15, -0.1) is 0 Å². The van der Waals surface area contributed by atoms with Crippen molar-refractivity contribution >= 4 is 64.6 Å². The number of fused-ring (bicyclic) bond motifs is 8. The van der Waals surface area contributed by atoms with Crippen molar-refractivity contribution in [1.82, 2.24) is 19.9 Å². The van der Waals surface area contributed by atoms with E-state index < -0.39 is 20.2 Å². The zero-order valence-corrected chi connectivity index (χ0v) is 43.9. The Morgan fingerprint density at radius 3 is 1.09 bits per heavy atom. The van der Waals surface area contributed by atoms with Gasteiger partial charge in [0.2, 0.25) is 0 Å². The number of H-pyrrole nitrogens is 2. The van der Waals surface area contributed by atoms with Gasteiger partial charge in [0.25, 0.3) is 0 Å². The van der Waals surface area contributed by atoms with E-state index in [-0.39, 0.29) is 21.3 Å². The lowest BCUT2D eigenvalue weighted by Crippen LogP contribution is -2.14. The van der Waals surface area contributed by atoms with E-state index in [0.29, 0.717) is 55.9 Å². The number of benzene rings is 4. The molecule has 0 radical (unpaired) electrons. The quantitative estimate of drug-likeness (QED) is 0.143. The topological polar surface area (TPSA) is 144 Å². The minimum absolute atomic E-state index is 0.145. The van der Waals surface area contributed by atoms with E-state index in [1.807, 2.05) is 102 Å². The van der Waals surface area contributed by atoms with Crippen molar-refractivity contribution in [3.63, 3.8) is 0 Å². The number of aryl methyl sites for hydroxylation is 10. The Morgan fingerprint density at radius 2 is 0.743 bits per heavy atom. The fraction of sp³-hybridized carbons (Fsp3) is 0.241. The first-order chi connectivity index (χ1) is 33.0. The number of rotatable bonds is 8. The van der Waals surface area contributed by atoms with Gasteiger partial charge < -0.3 is 18.3 Å². The van der Waals surface area contributed by atoms with E-state index in [2.05, 4.69) is 37.7 Å². The predicted octanol–water partition coefficient (Wildman–Crippen LogP) is 14.2. The molecule has 0 saturated heterocycles. The lowest BCUT2D eigenvalue weighted by atomic mass is 9.96. The molecule has 10 nitrogen and oxygen atoms in total. The van der Waals surface area contributed by atoms with Crippen LogP contribution in [0.25, 0.3) is 66.6 Å². The van der Waals surface area contributed by atoms with E-state index in [9.17, 15) is 16.8 Å². The molecular weight excluding hydrogens is 913 g/mol. The molecule has 2 aliphatic rings. The summed E-state index contributed by atoms with van der Waals surface area (Å²) >= 11 is 0. The standard InChI is InChI=1S/C58H58N4O6S2/c1-29-23-31(3)57(32(4)24-29)69(63,64)67-49-21-17-15-19-43(49)51-53-39(11)35(7)45(59-53)27-47-37(9)41(13)55(61-47)52(56-42(14)38(10)48(62-56)28-46-36(8)40(12)54(51)60-46)44-20-16-18-22-50(44)68-70(65,66)58-33(5)25-30(2)26-34(58)6/h15-28,59,62H,1-14H3. The van der Waals surface area contributed by atoms with E-state index in [4.69, 9.17) is 18.3 Å². The molecule has 0 amide bonds. The largest absolute Gasteiger partial charge is 0.378 e. The summed E-state index contributed by atoms with van der Waals surface area (Å²) in [6.07, 6.45) is 0. The zero-order chi connectivity index (χ0) is 50.5. The molecule has 9 rings (SSSR count). The molecule has 0 atom stereocenters. The molecule has 3 aromatic heterocycles. The number of aromatic amines is 2. The average molecular weight is 971 g/mol. The van der Waals surface area contributed by atoms with Crippen LogP contribution in [-0.2, 0) is 20.2 Å². The summed E-state index contributed by atoms with van der Waals surface area (Å²) in [4.78, 5) is 18.6. The summed E-state index contributed by atoms with van der Waals surface area (Å²) in [6, 6.07) is 26.0. The smallest absolute Gasteiger partial charge is 0.339 e. The van der Waals surface area contributed by atoms with Crippen LogP contribution in [0.4, 0.5) is 0 Å². The number of nitrogens with one attached hydrogen (secondary N) is 2. The van der Waals surface area contributed by atoms with Crippen molar-refractivity contribution < 1.29 is 25.2 Å². The van der Waals surface area contributed by atoms with Crippen LogP contribution in [0.5, 0.6) is 11.5 Å². The maximum Gasteiger partial charge on any atom is 0.339 e. The van der Waals surface area contributed by atoms with Crippen molar-refractivity contribution in [3.05, 3.63) is 163 Å². The molecule has 70 heavy (non-hydrogen) atoms. The number of aromatic nitrogens is 4. The van der Waals surface area contributed by atoms with Gasteiger partial charge in [-0.2, -0.15) is 16.8 Å². The van der Waals surface area contributed by atoms with E-state index >= 15 is 0 Å². The molecule has 5 heterocycles. The molecule has 0 saturated carbocycles. The summed E-state index contributed by atoms with van der Waals surface area (Å²) in [5.41, 5.74) is 20.3. The fourth-order valence-electron chi connectivity index (χ4n) is 10.3. The Kier molecular flexibility index (Phi) is 12.0. The Labute approximate surface area is 411 Å². The summed E-state index contributed by atoms with van der Waals surface area (Å²) in [6.45, 7) is 27.4. The highest BCUT2D eigenvalue weighted by molar-refractivity contribution is 7.87. The molecule has 2 aliphatic heterocycles. The summed E-state index contributed by atoms with van der Waals surface area (Å²) in [7, 11) is -8.57. The van der Waals surface area contributed by atoms with Gasteiger partial charge in [-0.05, 0) is 188 Å². The third-order valence-electron chi connectivity index (χ3n) is 14.2. The molecule has 7 aromatic rings. The van der Waals surface area contributed by atoms with Crippen LogP contribution in [0.3, 0.4) is 0 Å². The molecule has 0 spiro atoms. The lowest BCUT2D eigenvalue weighted by molar-refractivity contribution is 0.484. The van der Waals surface area contributed by atoms with Crippen LogP contribution >= 0.6 is 0 Å². The molecule has 4 aromatic carbocycles. The van der Waals surface area contributed by atoms with Gasteiger partial charge in [-0.3, -0.25) is 0 Å². The monoisotopic (exact) mass is 970 g/mol. The van der Waals surface area contributed by atoms with Crippen molar-refractivity contribution in [2.24, 2.45) is 0 Å². The van der Waals surface area contributed by atoms with Crippen LogP contribution in [0, 0.1) is 69.2 Å². The SMILES string of the molecule is CC1=C(C)c2nc1cc1[nH]c(c(C)c1C)c(-c1ccccc1OS(=O)(=O)c1c(C)cc(C)cc1C)c1nc(cc3[nH]c(c(C)c3C)c2-c2ccccc2OS(=O)(=O)c2c(C)cc(C)cc2C)C(C)=C1C. The number of para-hydroxylation sites is 2. The predicted molar refractivity (Wildman–Crippen MR) is 284 cm³/mol. The van der Waals surface area contributed by atoms with Crippen LogP contribution in [0.15, 0.2) is 94.7 Å². The minimum atomic E-state index is -4.29. The van der Waals surface area contributed by atoms with Crippen LogP contribution in [-0.4, -0.2) is 36.8 Å². The normalized spacial score (nSPS) is 13.1. The van der Waals surface area contributed by atoms with Crippen molar-refractivity contribution in [1.29, 1.82) is 0 Å². The Morgan fingerprint density at radius 1 is 0.414 bits per heavy atom. The van der Waals surface area contributed by atoms with Crippen LogP contribution < -0.4 is 8.37 Å². The lowest BCUT2D eigenvalue weighted by Gasteiger charge is -2.16. The van der Waals surface area contributed by atoms with Gasteiger partial charge in [0, 0.05) is 33.3 Å². The second-order valence-electron chi connectivity index (χ2n) is 19.1. The molecule has 12 heteroatoms. The zero-order valence-electron chi connectivity index (χ0n) is 42.2. The van der Waals surface area contributed by atoms with E-state index in [0.717, 1.165) is 89.1 Å². The fourth-order valence-corrected chi connectivity index (χ4v) is 13.0. The first-order valence-corrected chi connectivity index (χ1v) is 26.1. The first kappa shape index (κ1) is 48.0. The van der Waals surface area contributed by atoms with Gasteiger partial charge in [-0.25, -0.2) is 9.97 Å². The summed E-state index contributed by atoms with van der Waals surface area (Å²) < 4.78 is 69.7. The summed E-state index contributed by atoms with van der Waals surface area (Å²) in [5, 5.41) is 0. The average Bonchev–Trinajstić information content (AvgIpc) is 3.91. The van der Waals surface area contributed by atoms with Crippen molar-refractivity contribution in [2.45, 2.75) is 107 Å². The van der Waals surface area contributed by atoms with Crippen molar-refractivity contribution in [2.75, 3.05) is 0 Å². The number of allylic oxidation sites excluding steroid dienone is 4. The minimum Gasteiger partial charge on any atom is -0.378 e. The molecule has 8 bridgehead atoms. The number of hydrogen-bond acceptors (Lipinski definition) is 8. The number of nitrogens with zero attached hydrogens (tertiary/aromatic N) is 2. The number of hydrogen-bond donors (Lipinski definition) is 2. The Bertz CT molecular complexity index is 3610. The van der Waals surface area contributed by atoms with Crippen LogP contribution in [0.1, 0.15) is 106 Å². The maximum absolute atomic E-state index is 14.3. The molecule has 0 unspecified atom stereocenters. The second kappa shape index (κ2) is 17.4. The molecule has 0 fully saturated rings. The van der Waals surface area contributed by atoms with E-state index in [1.165, 1.54) is 0 Å². The molecule has 0 aliphatic carbocycles. The second-order valence-corrected chi connectivity index (χ2v) is 22.0. The maximum atomic E-state index is 14.3. The highest BCUT2D eigenvalue weighted by Crippen LogP contribution is 2.46. The Balaban J connectivity index is 1.36. The Hall–Kier alpha value is -7.02. The third kappa shape index (κ3) is 8.06. The first-order valence-electron chi connectivity index (χ1n) is 23.3. The van der Waals surface area contributed by atoms with Gasteiger partial charge >= 0.3 is 20.2 Å². The van der Waals surface area contributed by atoms with Crippen LogP contribution in [0.2, 0.25) is 0 Å². The van der Waals surface area contributed by atoms with E-state index in [1.54, 1.807) is 52.0 Å². The highest BCUT2D eigenvalue weighted by atomic mass is 32.2. The molecular formula is C58H58N4O6S2. The van der Waals surface area contributed by atoms with Crippen molar-refractivity contribution in [3.8, 4) is 33.8 Å². The molecule has 358 valence electrons. The highest BCUT2D eigenvalue weighted by Gasteiger charge is 2.30. The van der Waals surface area contributed by atoms with Gasteiger partial charge in [-0.1, -0.05) is 71.8 Å². The van der Waals surface area contributed by atoms with Gasteiger partial charge in [0.05, 0.1) is 33.8 Å². The van der Waals surface area contributed by atoms with Gasteiger partial charge in [0.1, 0.15) is 9.79 Å². The summed E-state index contributed by atoms with van der Waals surface area (Å²) in [5.74, 6) is 0.347. The van der Waals surface area contributed by atoms with Gasteiger partial charge in [0.15, 0.2) is 11.5 Å².